The lowest BCUT2D eigenvalue weighted by Crippen LogP contribution is -1.82. The van der Waals surface area contributed by atoms with Crippen LogP contribution in [0, 0.1) is 0 Å². The van der Waals surface area contributed by atoms with Crippen LogP contribution < -0.4 is 0 Å². The molecule has 0 spiro atoms. The molecule has 0 atom stereocenters. The molecule has 0 saturated heterocycles. The molecule has 2 nitrogen and oxygen atoms in total. The Hall–Kier alpha value is -4.82. The van der Waals surface area contributed by atoms with Crippen molar-refractivity contribution in [1.29, 1.82) is 0 Å². The first kappa shape index (κ1) is 19.5. The van der Waals surface area contributed by atoms with Gasteiger partial charge in [0.2, 0.25) is 0 Å². The van der Waals surface area contributed by atoms with Crippen LogP contribution in [0.3, 0.4) is 0 Å². The number of benzene rings is 6. The average molecular weight is 461 g/mol. The summed E-state index contributed by atoms with van der Waals surface area (Å²) in [5.41, 5.74) is 4.04. The molecule has 2 aromatic heterocycles. The highest BCUT2D eigenvalue weighted by atomic mass is 16.3. The van der Waals surface area contributed by atoms with Gasteiger partial charge in [-0.05, 0) is 45.8 Å². The molecule has 0 radical (unpaired) electrons. The standard InChI is InChI=1S/C34H20O2/c1-3-7-21(8-4-1)31-19-23-11-13-27-25-16-18-30-28(26(25)15-17-29(27)33(23)35-31)14-12-24-20-32(36-34(24)30)22-9-5-2-6-10-22/h1-20H. The highest BCUT2D eigenvalue weighted by Crippen LogP contribution is 2.40. The summed E-state index contributed by atoms with van der Waals surface area (Å²) in [6.07, 6.45) is 0. The fourth-order valence-electron chi connectivity index (χ4n) is 5.52. The van der Waals surface area contributed by atoms with Gasteiger partial charge in [-0.25, -0.2) is 0 Å². The van der Waals surface area contributed by atoms with E-state index in [2.05, 4.69) is 84.9 Å². The molecule has 36 heavy (non-hydrogen) atoms. The molecule has 0 aliphatic rings. The molecular weight excluding hydrogens is 440 g/mol. The number of hydrogen-bond donors (Lipinski definition) is 0. The summed E-state index contributed by atoms with van der Waals surface area (Å²) >= 11 is 0. The van der Waals surface area contributed by atoms with Crippen LogP contribution >= 0.6 is 0 Å². The maximum absolute atomic E-state index is 6.39. The fourth-order valence-corrected chi connectivity index (χ4v) is 5.52. The van der Waals surface area contributed by atoms with Crippen LogP contribution in [0.25, 0.3) is 76.9 Å². The van der Waals surface area contributed by atoms with Crippen LogP contribution in [0.15, 0.2) is 130 Å². The summed E-state index contributed by atoms with van der Waals surface area (Å²) in [6, 6.07) is 42.4. The molecule has 168 valence electrons. The molecule has 6 aromatic carbocycles. The molecule has 8 rings (SSSR count). The van der Waals surface area contributed by atoms with E-state index in [1.54, 1.807) is 0 Å². The zero-order chi connectivity index (χ0) is 23.6. The van der Waals surface area contributed by atoms with Crippen molar-refractivity contribution in [1.82, 2.24) is 0 Å². The lowest BCUT2D eigenvalue weighted by atomic mass is 9.95. The van der Waals surface area contributed by atoms with Crippen LogP contribution in [-0.2, 0) is 0 Å². The fraction of sp³-hybridized carbons (Fsp3) is 0. The molecule has 0 saturated carbocycles. The van der Waals surface area contributed by atoms with Crippen molar-refractivity contribution in [3.63, 3.8) is 0 Å². The van der Waals surface area contributed by atoms with E-state index in [0.29, 0.717) is 0 Å². The summed E-state index contributed by atoms with van der Waals surface area (Å²) in [6.45, 7) is 0. The lowest BCUT2D eigenvalue weighted by Gasteiger charge is -2.08. The largest absolute Gasteiger partial charge is 0.455 e. The average Bonchev–Trinajstić information content (AvgIpc) is 3.58. The second-order valence-electron chi connectivity index (χ2n) is 9.34. The Morgan fingerprint density at radius 2 is 0.694 bits per heavy atom. The van der Waals surface area contributed by atoms with E-state index < -0.39 is 0 Å². The first-order valence-electron chi connectivity index (χ1n) is 12.2. The third-order valence-corrected chi connectivity index (χ3v) is 7.27. The number of hydrogen-bond acceptors (Lipinski definition) is 2. The molecule has 0 unspecified atom stereocenters. The maximum Gasteiger partial charge on any atom is 0.142 e. The zero-order valence-electron chi connectivity index (χ0n) is 19.4. The minimum Gasteiger partial charge on any atom is -0.455 e. The van der Waals surface area contributed by atoms with E-state index >= 15 is 0 Å². The maximum atomic E-state index is 6.39. The van der Waals surface area contributed by atoms with Gasteiger partial charge in [0.15, 0.2) is 0 Å². The Labute approximate surface area is 207 Å². The first-order chi connectivity index (χ1) is 17.8. The van der Waals surface area contributed by atoms with Crippen molar-refractivity contribution in [3.05, 3.63) is 121 Å². The van der Waals surface area contributed by atoms with E-state index in [0.717, 1.165) is 55.4 Å². The molecule has 0 amide bonds. The van der Waals surface area contributed by atoms with Gasteiger partial charge in [-0.1, -0.05) is 97.1 Å². The van der Waals surface area contributed by atoms with Gasteiger partial charge >= 0.3 is 0 Å². The quantitative estimate of drug-likeness (QED) is 0.240. The molecule has 2 heteroatoms. The lowest BCUT2D eigenvalue weighted by molar-refractivity contribution is 0.634. The topological polar surface area (TPSA) is 26.3 Å². The van der Waals surface area contributed by atoms with E-state index in [1.165, 1.54) is 21.5 Å². The first-order valence-corrected chi connectivity index (χ1v) is 12.2. The molecule has 0 fully saturated rings. The summed E-state index contributed by atoms with van der Waals surface area (Å²) in [4.78, 5) is 0. The number of fused-ring (bicyclic) bond motifs is 9. The predicted molar refractivity (Wildman–Crippen MR) is 149 cm³/mol. The minimum absolute atomic E-state index is 0.895. The van der Waals surface area contributed by atoms with Gasteiger partial charge < -0.3 is 8.83 Å². The Kier molecular flexibility index (Phi) is 3.97. The SMILES string of the molecule is c1ccc(-c2cc3ccc4c5ccc6c(ccc7cc(-c8ccccc8)oc76)c5ccc4c3o2)cc1. The summed E-state index contributed by atoms with van der Waals surface area (Å²) in [5.74, 6) is 1.79. The van der Waals surface area contributed by atoms with Crippen molar-refractivity contribution >= 4 is 54.3 Å². The van der Waals surface area contributed by atoms with Gasteiger partial charge in [0.25, 0.3) is 0 Å². The van der Waals surface area contributed by atoms with Gasteiger partial charge in [0.1, 0.15) is 22.7 Å². The second-order valence-corrected chi connectivity index (χ2v) is 9.34. The van der Waals surface area contributed by atoms with Crippen molar-refractivity contribution in [2.45, 2.75) is 0 Å². The van der Waals surface area contributed by atoms with Crippen molar-refractivity contribution in [2.24, 2.45) is 0 Å². The number of furan rings is 2. The molecule has 0 aliphatic carbocycles. The van der Waals surface area contributed by atoms with Crippen LogP contribution in [0.5, 0.6) is 0 Å². The van der Waals surface area contributed by atoms with Crippen LogP contribution in [0.4, 0.5) is 0 Å². The predicted octanol–water partition coefficient (Wildman–Crippen LogP) is 9.97. The van der Waals surface area contributed by atoms with E-state index in [9.17, 15) is 0 Å². The van der Waals surface area contributed by atoms with Gasteiger partial charge in [-0.15, -0.1) is 0 Å². The third kappa shape index (κ3) is 2.79. The van der Waals surface area contributed by atoms with Crippen molar-refractivity contribution < 1.29 is 8.83 Å². The van der Waals surface area contributed by atoms with Crippen LogP contribution in [0.2, 0.25) is 0 Å². The van der Waals surface area contributed by atoms with Gasteiger partial charge in [0.05, 0.1) is 0 Å². The van der Waals surface area contributed by atoms with E-state index in [-0.39, 0.29) is 0 Å². The Morgan fingerprint density at radius 3 is 1.14 bits per heavy atom. The van der Waals surface area contributed by atoms with Gasteiger partial charge in [-0.2, -0.15) is 0 Å². The Balaban J connectivity index is 1.36. The molecule has 0 N–H and O–H groups in total. The van der Waals surface area contributed by atoms with Crippen LogP contribution in [-0.4, -0.2) is 0 Å². The summed E-state index contributed by atoms with van der Waals surface area (Å²) < 4.78 is 12.8. The van der Waals surface area contributed by atoms with Crippen molar-refractivity contribution in [2.75, 3.05) is 0 Å². The molecule has 2 heterocycles. The number of rotatable bonds is 2. The molecule has 0 aliphatic heterocycles. The highest BCUT2D eigenvalue weighted by Gasteiger charge is 2.14. The molecule has 0 bridgehead atoms. The summed E-state index contributed by atoms with van der Waals surface area (Å²) in [5, 5.41) is 9.32. The summed E-state index contributed by atoms with van der Waals surface area (Å²) in [7, 11) is 0. The molecular formula is C34H20O2. The van der Waals surface area contributed by atoms with E-state index in [4.69, 9.17) is 8.83 Å². The Bertz CT molecular complexity index is 1920. The van der Waals surface area contributed by atoms with Gasteiger partial charge in [-0.3, -0.25) is 0 Å². The smallest absolute Gasteiger partial charge is 0.142 e. The van der Waals surface area contributed by atoms with Crippen molar-refractivity contribution in [3.8, 4) is 22.6 Å². The van der Waals surface area contributed by atoms with Gasteiger partial charge in [0, 0.05) is 32.7 Å². The van der Waals surface area contributed by atoms with Crippen LogP contribution in [0.1, 0.15) is 0 Å². The highest BCUT2D eigenvalue weighted by molar-refractivity contribution is 6.24. The van der Waals surface area contributed by atoms with E-state index in [1.807, 2.05) is 36.4 Å². The zero-order valence-corrected chi connectivity index (χ0v) is 19.4. The Morgan fingerprint density at radius 1 is 0.333 bits per heavy atom. The second kappa shape index (κ2) is 7.34. The molecule has 8 aromatic rings. The third-order valence-electron chi connectivity index (χ3n) is 7.27. The normalized spacial score (nSPS) is 11.9. The monoisotopic (exact) mass is 460 g/mol. The minimum atomic E-state index is 0.895.